The van der Waals surface area contributed by atoms with Gasteiger partial charge in [-0.05, 0) is 141 Å². The number of aliphatic hydroxyl groups excluding tert-OH is 1. The van der Waals surface area contributed by atoms with Crippen LogP contribution in [0.5, 0.6) is 0 Å². The fraction of sp³-hybridized carbons (Fsp3) is 0.688. The number of phosphoric acid groups is 2. The van der Waals surface area contributed by atoms with Crippen LogP contribution in [0, 0.1) is 0 Å². The number of phosphoric ester groups is 2. The first kappa shape index (κ1) is 91.5. The van der Waals surface area contributed by atoms with Crippen LogP contribution in [0.4, 0.5) is 0 Å². The van der Waals surface area contributed by atoms with Gasteiger partial charge < -0.3 is 33.8 Å². The minimum Gasteiger partial charge on any atom is -0.462 e. The van der Waals surface area contributed by atoms with E-state index in [0.717, 1.165) is 180 Å². The monoisotopic (exact) mass is 1390 g/mol. The highest BCUT2D eigenvalue weighted by Crippen LogP contribution is 2.45. The van der Waals surface area contributed by atoms with Gasteiger partial charge in [0.25, 0.3) is 0 Å². The molecule has 0 saturated carbocycles. The van der Waals surface area contributed by atoms with Gasteiger partial charge in [-0.2, -0.15) is 0 Å². The first-order chi connectivity index (χ1) is 46.7. The van der Waals surface area contributed by atoms with Gasteiger partial charge in [0.15, 0.2) is 12.2 Å². The van der Waals surface area contributed by atoms with E-state index < -0.39 is 97.5 Å². The Morgan fingerprint density at radius 1 is 0.302 bits per heavy atom. The first-order valence-corrected chi connectivity index (χ1v) is 39.8. The van der Waals surface area contributed by atoms with E-state index in [1.807, 2.05) is 0 Å². The second-order valence-corrected chi connectivity index (χ2v) is 27.0. The van der Waals surface area contributed by atoms with Crippen LogP contribution in [0.2, 0.25) is 0 Å². The van der Waals surface area contributed by atoms with Crippen molar-refractivity contribution < 1.29 is 80.2 Å². The topological polar surface area (TPSA) is 237 Å². The minimum absolute atomic E-state index is 0.0649. The molecule has 0 aromatic carbocycles. The summed E-state index contributed by atoms with van der Waals surface area (Å²) in [7, 11) is -9.96. The van der Waals surface area contributed by atoms with Crippen molar-refractivity contribution >= 4 is 39.5 Å². The molecule has 0 amide bonds. The molecule has 0 radical (unpaired) electrons. The molecule has 5 unspecified atom stereocenters. The number of carbonyl (C=O) groups excluding carboxylic acids is 4. The highest BCUT2D eigenvalue weighted by Gasteiger charge is 2.30. The third-order valence-corrected chi connectivity index (χ3v) is 16.8. The van der Waals surface area contributed by atoms with Gasteiger partial charge in [0.05, 0.1) is 26.4 Å². The number of carbonyl (C=O) groups is 4. The number of aliphatic hydroxyl groups is 1. The molecule has 19 heteroatoms. The standard InChI is InChI=1S/C77H130O17P2/c1-5-9-13-17-21-25-29-31-33-34-35-36-38-39-43-46-50-54-58-62-75(80)88-68-73(94-77(82)64-60-56-52-48-44-40-37-32-30-26-22-18-14-10-6-2)70-92-96(85,86)90-66-71(78)65-89-95(83,84)91-69-72(93-76(81)63-59-55-51-47-42-28-24-20-16-12-8-4)67-87-74(79)61-57-53-49-45-41-27-23-19-15-11-7-3/h9-10,13-14,19-26,31-33,35-37,39,43,71-73,78H,5-8,11-12,15-18,27-30,34,38,40-42,44-70H2,1-4H3,(H,83,84)(H,85,86)/b13-9-,14-10-,23-19-,24-20-,25-21-,26-22-,33-31-,36-35-,37-32-,43-39-. The van der Waals surface area contributed by atoms with Crippen LogP contribution >= 0.6 is 15.6 Å². The molecule has 0 saturated heterocycles. The molecule has 17 nitrogen and oxygen atoms in total. The summed E-state index contributed by atoms with van der Waals surface area (Å²) < 4.78 is 68.3. The van der Waals surface area contributed by atoms with Crippen molar-refractivity contribution in [2.45, 2.75) is 303 Å². The van der Waals surface area contributed by atoms with E-state index in [4.69, 9.17) is 37.0 Å². The van der Waals surface area contributed by atoms with Gasteiger partial charge in [-0.25, -0.2) is 9.13 Å². The Bertz CT molecular complexity index is 2300. The second-order valence-electron chi connectivity index (χ2n) is 24.1. The third-order valence-electron chi connectivity index (χ3n) is 14.9. The molecule has 0 aromatic rings. The van der Waals surface area contributed by atoms with E-state index in [1.165, 1.54) is 25.7 Å². The smallest absolute Gasteiger partial charge is 0.462 e. The third kappa shape index (κ3) is 68.0. The number of unbranched alkanes of at least 4 members (excludes halogenated alkanes) is 22. The number of hydrogen-bond acceptors (Lipinski definition) is 15. The molecule has 3 N–H and O–H groups in total. The quantitative estimate of drug-likeness (QED) is 0.0169. The summed E-state index contributed by atoms with van der Waals surface area (Å²) in [4.78, 5) is 72.6. The Morgan fingerprint density at radius 2 is 0.542 bits per heavy atom. The van der Waals surface area contributed by atoms with E-state index in [2.05, 4.69) is 149 Å². The molecule has 550 valence electrons. The van der Waals surface area contributed by atoms with Crippen LogP contribution in [0.1, 0.15) is 285 Å². The van der Waals surface area contributed by atoms with Gasteiger partial charge in [-0.3, -0.25) is 37.3 Å². The molecule has 5 atom stereocenters. The Morgan fingerprint density at radius 3 is 0.854 bits per heavy atom. The van der Waals surface area contributed by atoms with E-state index in [1.54, 1.807) is 0 Å². The average molecular weight is 1390 g/mol. The van der Waals surface area contributed by atoms with E-state index in [-0.39, 0.29) is 25.7 Å². The van der Waals surface area contributed by atoms with Crippen molar-refractivity contribution in [3.05, 3.63) is 122 Å². The van der Waals surface area contributed by atoms with E-state index in [0.29, 0.717) is 25.7 Å². The van der Waals surface area contributed by atoms with E-state index in [9.17, 15) is 43.2 Å². The van der Waals surface area contributed by atoms with Gasteiger partial charge in [-0.1, -0.05) is 239 Å². The lowest BCUT2D eigenvalue weighted by atomic mass is 10.1. The van der Waals surface area contributed by atoms with Crippen molar-refractivity contribution in [2.24, 2.45) is 0 Å². The summed E-state index contributed by atoms with van der Waals surface area (Å²) in [6, 6.07) is 0. The maximum atomic E-state index is 13.1. The minimum atomic E-state index is -4.99. The summed E-state index contributed by atoms with van der Waals surface area (Å²) >= 11 is 0. The van der Waals surface area contributed by atoms with Crippen LogP contribution in [0.15, 0.2) is 122 Å². The van der Waals surface area contributed by atoms with Gasteiger partial charge >= 0.3 is 39.5 Å². The van der Waals surface area contributed by atoms with Gasteiger partial charge in [-0.15, -0.1) is 0 Å². The summed E-state index contributed by atoms with van der Waals surface area (Å²) in [6.07, 6.45) is 73.5. The maximum absolute atomic E-state index is 13.1. The molecular weight excluding hydrogens is 1260 g/mol. The van der Waals surface area contributed by atoms with Crippen LogP contribution in [-0.4, -0.2) is 96.7 Å². The largest absolute Gasteiger partial charge is 0.472 e. The first-order valence-electron chi connectivity index (χ1n) is 36.8. The number of allylic oxidation sites excluding steroid dienone is 20. The predicted octanol–water partition coefficient (Wildman–Crippen LogP) is 20.8. The molecule has 0 bridgehead atoms. The van der Waals surface area contributed by atoms with Gasteiger partial charge in [0, 0.05) is 25.7 Å². The van der Waals surface area contributed by atoms with Crippen molar-refractivity contribution in [1.29, 1.82) is 0 Å². The Hall–Kier alpha value is -4.54. The summed E-state index contributed by atoms with van der Waals surface area (Å²) in [5.41, 5.74) is 0. The molecule has 0 aliphatic carbocycles. The fourth-order valence-corrected chi connectivity index (χ4v) is 10.9. The number of hydrogen-bond donors (Lipinski definition) is 3. The van der Waals surface area contributed by atoms with Gasteiger partial charge in [0.1, 0.15) is 19.3 Å². The Labute approximate surface area is 581 Å². The second kappa shape index (κ2) is 69.0. The molecule has 0 heterocycles. The van der Waals surface area contributed by atoms with E-state index >= 15 is 0 Å². The zero-order valence-corrected chi connectivity index (χ0v) is 61.5. The molecule has 0 rings (SSSR count). The molecule has 0 aliphatic rings. The van der Waals surface area contributed by atoms with Crippen LogP contribution in [0.25, 0.3) is 0 Å². The number of ether oxygens (including phenoxy) is 4. The molecule has 0 fully saturated rings. The summed E-state index contributed by atoms with van der Waals surface area (Å²) in [5, 5.41) is 10.6. The predicted molar refractivity (Wildman–Crippen MR) is 390 cm³/mol. The molecular formula is C77H130O17P2. The van der Waals surface area contributed by atoms with Crippen LogP contribution in [0.3, 0.4) is 0 Å². The molecule has 0 spiro atoms. The zero-order chi connectivity index (χ0) is 70.4. The fourth-order valence-electron chi connectivity index (χ4n) is 9.28. The molecule has 96 heavy (non-hydrogen) atoms. The lowest BCUT2D eigenvalue weighted by Gasteiger charge is -2.21. The van der Waals surface area contributed by atoms with Crippen molar-refractivity contribution in [3.63, 3.8) is 0 Å². The van der Waals surface area contributed by atoms with Crippen LogP contribution < -0.4 is 0 Å². The average Bonchev–Trinajstić information content (AvgIpc) is 1.41. The maximum Gasteiger partial charge on any atom is 0.472 e. The number of esters is 4. The van der Waals surface area contributed by atoms with Crippen molar-refractivity contribution in [2.75, 3.05) is 39.6 Å². The Balaban J connectivity index is 5.37. The zero-order valence-electron chi connectivity index (χ0n) is 59.8. The van der Waals surface area contributed by atoms with Crippen molar-refractivity contribution in [3.8, 4) is 0 Å². The highest BCUT2D eigenvalue weighted by atomic mass is 31.2. The lowest BCUT2D eigenvalue weighted by Crippen LogP contribution is -2.30. The Kier molecular flexibility index (Phi) is 65.7. The summed E-state index contributed by atoms with van der Waals surface area (Å²) in [6.45, 7) is 4.47. The summed E-state index contributed by atoms with van der Waals surface area (Å²) in [5.74, 6) is -2.25. The van der Waals surface area contributed by atoms with Crippen molar-refractivity contribution in [1.82, 2.24) is 0 Å². The lowest BCUT2D eigenvalue weighted by molar-refractivity contribution is -0.161. The number of rotatable bonds is 68. The molecule has 0 aliphatic heterocycles. The normalized spacial score (nSPS) is 14.7. The molecule has 0 aromatic heterocycles. The SMILES string of the molecule is CC/C=C\C/C=C\C/C=C\C/C=C\C/C=C\CCCCCC(=O)OCC(COP(=O)(O)OCC(O)COP(=O)(O)OCC(COC(=O)CCCCCCC/C=C\CCCC)OC(=O)CCCCCCC/C=C\CCCC)OC(=O)CCCCCCC/C=C\C/C=C\C/C=C\CC. The van der Waals surface area contributed by atoms with Crippen LogP contribution in [-0.2, 0) is 65.4 Å². The highest BCUT2D eigenvalue weighted by molar-refractivity contribution is 7.47. The van der Waals surface area contributed by atoms with Gasteiger partial charge in [0.2, 0.25) is 0 Å².